The lowest BCUT2D eigenvalue weighted by molar-refractivity contribution is -0.124. The van der Waals surface area contributed by atoms with Crippen LogP contribution in [-0.2, 0) is 9.59 Å². The molecule has 1 aliphatic carbocycles. The molecule has 1 aliphatic rings. The van der Waals surface area contributed by atoms with Gasteiger partial charge in [0.1, 0.15) is 5.60 Å². The van der Waals surface area contributed by atoms with Crippen LogP contribution in [0.25, 0.3) is 0 Å². The number of rotatable bonds is 8. The average Bonchev–Trinajstić information content (AvgIpc) is 2.69. The van der Waals surface area contributed by atoms with Gasteiger partial charge in [0.2, 0.25) is 11.0 Å². The zero-order valence-electron chi connectivity index (χ0n) is 17.7. The third-order valence-corrected chi connectivity index (χ3v) is 6.92. The molecule has 1 aromatic carbocycles. The second-order valence-corrected chi connectivity index (χ2v) is 9.40. The van der Waals surface area contributed by atoms with E-state index in [0.29, 0.717) is 12.5 Å². The van der Waals surface area contributed by atoms with Crippen molar-refractivity contribution in [3.05, 3.63) is 24.3 Å². The summed E-state index contributed by atoms with van der Waals surface area (Å²) in [7, 11) is 0. The highest BCUT2D eigenvalue weighted by molar-refractivity contribution is 8.14. The van der Waals surface area contributed by atoms with Crippen LogP contribution in [0.5, 0.6) is 0 Å². The topological polar surface area (TPSA) is 57.6 Å². The van der Waals surface area contributed by atoms with Crippen LogP contribution in [0.15, 0.2) is 29.2 Å². The molecule has 156 valence electrons. The van der Waals surface area contributed by atoms with Gasteiger partial charge in [-0.15, -0.1) is 0 Å². The standard InChI is InChI=1S/C23H35NO3S/c1-5-17(6-2)16-24(21(25)18-12-8-7-9-13-18)19-14-10-11-15-20(19)28-22(26)23(3,4)27/h10-11,14-15,17-18,27H,5-9,12-13,16H2,1-4H3. The lowest BCUT2D eigenvalue weighted by atomic mass is 9.87. The third-order valence-electron chi connectivity index (χ3n) is 5.67. The number of hydrogen-bond donors (Lipinski definition) is 1. The Morgan fingerprint density at radius 2 is 1.75 bits per heavy atom. The molecule has 0 unspecified atom stereocenters. The van der Waals surface area contributed by atoms with E-state index in [2.05, 4.69) is 13.8 Å². The number of para-hydroxylation sites is 1. The molecule has 1 N–H and O–H groups in total. The van der Waals surface area contributed by atoms with Crippen LogP contribution >= 0.6 is 11.8 Å². The SMILES string of the molecule is CCC(CC)CN(C(=O)C1CCCCC1)c1ccccc1SC(=O)C(C)(C)O. The van der Waals surface area contributed by atoms with Crippen LogP contribution in [0.4, 0.5) is 5.69 Å². The van der Waals surface area contributed by atoms with Gasteiger partial charge in [0.05, 0.1) is 5.69 Å². The van der Waals surface area contributed by atoms with Crippen molar-refractivity contribution >= 4 is 28.5 Å². The number of nitrogens with zero attached hydrogens (tertiary/aromatic N) is 1. The van der Waals surface area contributed by atoms with E-state index in [1.807, 2.05) is 29.2 Å². The van der Waals surface area contributed by atoms with Crippen molar-refractivity contribution in [2.75, 3.05) is 11.4 Å². The molecular formula is C23H35NO3S. The van der Waals surface area contributed by atoms with Crippen LogP contribution in [0.2, 0.25) is 0 Å². The van der Waals surface area contributed by atoms with Gasteiger partial charge in [0.25, 0.3) is 0 Å². The van der Waals surface area contributed by atoms with E-state index in [1.54, 1.807) is 0 Å². The fourth-order valence-electron chi connectivity index (χ4n) is 3.67. The summed E-state index contributed by atoms with van der Waals surface area (Å²) in [6.07, 6.45) is 7.38. The molecule has 0 spiro atoms. The number of carbonyl (C=O) groups is 2. The van der Waals surface area contributed by atoms with Gasteiger partial charge in [-0.25, -0.2) is 0 Å². The maximum Gasteiger partial charge on any atom is 0.230 e. The van der Waals surface area contributed by atoms with Crippen molar-refractivity contribution in [3.8, 4) is 0 Å². The zero-order chi connectivity index (χ0) is 20.7. The zero-order valence-corrected chi connectivity index (χ0v) is 18.6. The molecule has 0 atom stereocenters. The van der Waals surface area contributed by atoms with E-state index in [0.717, 1.165) is 60.9 Å². The van der Waals surface area contributed by atoms with E-state index >= 15 is 0 Å². The van der Waals surface area contributed by atoms with Gasteiger partial charge in [0, 0.05) is 17.4 Å². The maximum absolute atomic E-state index is 13.5. The monoisotopic (exact) mass is 405 g/mol. The highest BCUT2D eigenvalue weighted by Gasteiger charge is 2.31. The third kappa shape index (κ3) is 6.08. The molecule has 28 heavy (non-hydrogen) atoms. The summed E-state index contributed by atoms with van der Waals surface area (Å²) < 4.78 is 0. The van der Waals surface area contributed by atoms with Crippen LogP contribution in [-0.4, -0.2) is 28.3 Å². The molecule has 0 aliphatic heterocycles. The molecular weight excluding hydrogens is 370 g/mol. The Morgan fingerprint density at radius 1 is 1.14 bits per heavy atom. The lowest BCUT2D eigenvalue weighted by Gasteiger charge is -2.33. The van der Waals surface area contributed by atoms with Gasteiger partial charge in [0.15, 0.2) is 0 Å². The van der Waals surface area contributed by atoms with Gasteiger partial charge < -0.3 is 10.0 Å². The molecule has 5 heteroatoms. The summed E-state index contributed by atoms with van der Waals surface area (Å²) in [5.74, 6) is 0.692. The summed E-state index contributed by atoms with van der Waals surface area (Å²) in [6.45, 7) is 8.00. The van der Waals surface area contributed by atoms with Crippen molar-refractivity contribution in [1.29, 1.82) is 0 Å². The van der Waals surface area contributed by atoms with E-state index in [1.165, 1.54) is 20.3 Å². The van der Waals surface area contributed by atoms with Crippen molar-refractivity contribution in [1.82, 2.24) is 0 Å². The molecule has 1 aromatic rings. The number of aliphatic hydroxyl groups is 1. The van der Waals surface area contributed by atoms with Crippen LogP contribution < -0.4 is 4.90 Å². The summed E-state index contributed by atoms with van der Waals surface area (Å²) in [5, 5.41) is 9.75. The maximum atomic E-state index is 13.5. The molecule has 1 amide bonds. The number of benzene rings is 1. The minimum Gasteiger partial charge on any atom is -0.382 e. The first-order valence-electron chi connectivity index (χ1n) is 10.6. The summed E-state index contributed by atoms with van der Waals surface area (Å²) in [5.41, 5.74) is -0.613. The quantitative estimate of drug-likeness (QED) is 0.586. The average molecular weight is 406 g/mol. The molecule has 2 rings (SSSR count). The van der Waals surface area contributed by atoms with Crippen molar-refractivity contribution in [2.24, 2.45) is 11.8 Å². The smallest absolute Gasteiger partial charge is 0.230 e. The van der Waals surface area contributed by atoms with Crippen molar-refractivity contribution in [3.63, 3.8) is 0 Å². The van der Waals surface area contributed by atoms with E-state index in [4.69, 9.17) is 0 Å². The minimum atomic E-state index is -1.41. The number of hydrogen-bond acceptors (Lipinski definition) is 4. The number of anilines is 1. The molecule has 0 bridgehead atoms. The van der Waals surface area contributed by atoms with E-state index < -0.39 is 5.60 Å². The first-order chi connectivity index (χ1) is 13.3. The molecule has 0 heterocycles. The number of thioether (sulfide) groups is 1. The number of carbonyl (C=O) groups excluding carboxylic acids is 2. The van der Waals surface area contributed by atoms with Gasteiger partial charge in [-0.1, -0.05) is 58.1 Å². The van der Waals surface area contributed by atoms with Crippen LogP contribution in [0.1, 0.15) is 72.6 Å². The Balaban J connectivity index is 2.36. The Bertz CT molecular complexity index is 658. The van der Waals surface area contributed by atoms with Gasteiger partial charge >= 0.3 is 0 Å². The Morgan fingerprint density at radius 3 is 2.32 bits per heavy atom. The van der Waals surface area contributed by atoms with Crippen LogP contribution in [0.3, 0.4) is 0 Å². The fourth-order valence-corrected chi connectivity index (χ4v) is 4.55. The first kappa shape index (κ1) is 23.0. The molecule has 0 saturated heterocycles. The Labute approximate surface area is 174 Å². The predicted molar refractivity (Wildman–Crippen MR) is 117 cm³/mol. The summed E-state index contributed by atoms with van der Waals surface area (Å²) in [6, 6.07) is 7.60. The lowest BCUT2D eigenvalue weighted by Crippen LogP contribution is -2.40. The number of amides is 1. The molecule has 0 aromatic heterocycles. The van der Waals surface area contributed by atoms with Gasteiger partial charge in [-0.05, 0) is 56.5 Å². The normalized spacial score (nSPS) is 15.6. The van der Waals surface area contributed by atoms with Crippen molar-refractivity contribution in [2.45, 2.75) is 83.1 Å². The fraction of sp³-hybridized carbons (Fsp3) is 0.652. The second-order valence-electron chi connectivity index (χ2n) is 8.38. The highest BCUT2D eigenvalue weighted by Crippen LogP contribution is 2.36. The molecule has 1 fully saturated rings. The van der Waals surface area contributed by atoms with E-state index in [9.17, 15) is 14.7 Å². The van der Waals surface area contributed by atoms with Crippen molar-refractivity contribution < 1.29 is 14.7 Å². The van der Waals surface area contributed by atoms with Gasteiger partial charge in [-0.3, -0.25) is 9.59 Å². The van der Waals surface area contributed by atoms with Crippen LogP contribution in [0, 0.1) is 11.8 Å². The largest absolute Gasteiger partial charge is 0.382 e. The van der Waals surface area contributed by atoms with E-state index in [-0.39, 0.29) is 16.9 Å². The summed E-state index contributed by atoms with van der Waals surface area (Å²) >= 11 is 1.03. The Kier molecular flexibility index (Phi) is 8.56. The molecule has 4 nitrogen and oxygen atoms in total. The predicted octanol–water partition coefficient (Wildman–Crippen LogP) is 5.43. The summed E-state index contributed by atoms with van der Waals surface area (Å²) in [4.78, 5) is 28.6. The molecule has 0 radical (unpaired) electrons. The first-order valence-corrected chi connectivity index (χ1v) is 11.4. The van der Waals surface area contributed by atoms with Gasteiger partial charge in [-0.2, -0.15) is 0 Å². The molecule has 1 saturated carbocycles. The Hall–Kier alpha value is -1.33. The minimum absolute atomic E-state index is 0.0751. The highest BCUT2D eigenvalue weighted by atomic mass is 32.2. The second kappa shape index (κ2) is 10.4.